The van der Waals surface area contributed by atoms with Crippen LogP contribution in [0.25, 0.3) is 0 Å². The third kappa shape index (κ3) is 3.12. The number of alkyl halides is 2. The van der Waals surface area contributed by atoms with Gasteiger partial charge in [0.05, 0.1) is 0 Å². The molecule has 0 aromatic carbocycles. The minimum absolute atomic E-state index is 0.0541. The molecule has 6 heteroatoms. The number of hydrogen-bond donors (Lipinski definition) is 1. The first kappa shape index (κ1) is 10.0. The molecular formula is C6H11F2O3S+. The van der Waals surface area contributed by atoms with Gasteiger partial charge in [0.2, 0.25) is 5.92 Å². The summed E-state index contributed by atoms with van der Waals surface area (Å²) in [6.45, 7) is -0.0541. The fourth-order valence-electron chi connectivity index (χ4n) is 1.13. The standard InChI is InChI=1S/C6H10F2O3S/c1-12(9,10)11-4-5-2-6(7,8)3-5/h5H,2-4H2,1H3/p+1. The summed E-state index contributed by atoms with van der Waals surface area (Å²) in [4.78, 5) is 0. The zero-order valence-corrected chi connectivity index (χ0v) is 7.44. The van der Waals surface area contributed by atoms with E-state index in [0.29, 0.717) is 0 Å². The Morgan fingerprint density at radius 3 is 2.50 bits per heavy atom. The molecule has 0 heterocycles. The molecule has 72 valence electrons. The van der Waals surface area contributed by atoms with E-state index >= 15 is 0 Å². The first-order valence-corrected chi connectivity index (χ1v) is 5.37. The van der Waals surface area contributed by atoms with Crippen LogP contribution >= 0.6 is 0 Å². The fourth-order valence-corrected chi connectivity index (χ4v) is 1.57. The third-order valence-corrected chi connectivity index (χ3v) is 2.27. The summed E-state index contributed by atoms with van der Waals surface area (Å²) in [5, 5.41) is 0. The molecule has 1 aliphatic rings. The lowest BCUT2D eigenvalue weighted by atomic mass is 9.82. The van der Waals surface area contributed by atoms with Crippen LogP contribution in [0.4, 0.5) is 8.78 Å². The van der Waals surface area contributed by atoms with Crippen molar-refractivity contribution in [3.8, 4) is 0 Å². The minimum atomic E-state index is -3.23. The second-order valence-corrected chi connectivity index (χ2v) is 4.85. The largest absolute Gasteiger partial charge is 0.349 e. The molecule has 0 aliphatic heterocycles. The first-order chi connectivity index (χ1) is 5.29. The highest BCUT2D eigenvalue weighted by Crippen LogP contribution is 2.42. The van der Waals surface area contributed by atoms with Gasteiger partial charge in [-0.2, -0.15) is 4.55 Å². The molecule has 1 fully saturated rings. The van der Waals surface area contributed by atoms with Crippen molar-refractivity contribution in [3.63, 3.8) is 0 Å². The van der Waals surface area contributed by atoms with E-state index in [9.17, 15) is 13.0 Å². The molecule has 3 nitrogen and oxygen atoms in total. The van der Waals surface area contributed by atoms with Crippen LogP contribution in [-0.2, 0) is 18.9 Å². The predicted octanol–water partition coefficient (Wildman–Crippen LogP) is 1.57. The Balaban J connectivity index is 2.17. The van der Waals surface area contributed by atoms with Gasteiger partial charge < -0.3 is 0 Å². The molecular weight excluding hydrogens is 190 g/mol. The molecule has 0 radical (unpaired) electrons. The predicted molar refractivity (Wildman–Crippen MR) is 40.2 cm³/mol. The molecule has 1 atom stereocenters. The summed E-state index contributed by atoms with van der Waals surface area (Å²) < 4.78 is 48.1. The average Bonchev–Trinajstić information content (AvgIpc) is 1.76. The van der Waals surface area contributed by atoms with Gasteiger partial charge in [0.1, 0.15) is 6.61 Å². The molecule has 1 N–H and O–H groups in total. The normalized spacial score (nSPS) is 27.7. The van der Waals surface area contributed by atoms with E-state index < -0.39 is 16.4 Å². The Bertz CT molecular complexity index is 205. The Labute approximate surface area is 70.6 Å². The van der Waals surface area contributed by atoms with E-state index in [0.717, 1.165) is 6.26 Å². The monoisotopic (exact) mass is 201 g/mol. The summed E-state index contributed by atoms with van der Waals surface area (Å²) in [7, 11) is -3.23. The van der Waals surface area contributed by atoms with E-state index in [1.54, 1.807) is 0 Å². The minimum Gasteiger partial charge on any atom is -0.207 e. The van der Waals surface area contributed by atoms with Crippen molar-refractivity contribution < 1.29 is 21.7 Å². The maximum atomic E-state index is 12.2. The molecule has 0 aromatic rings. The van der Waals surface area contributed by atoms with Crippen molar-refractivity contribution in [1.82, 2.24) is 0 Å². The molecule has 0 saturated heterocycles. The van der Waals surface area contributed by atoms with Gasteiger partial charge in [-0.3, -0.25) is 0 Å². The lowest BCUT2D eigenvalue weighted by molar-refractivity contribution is -0.119. The van der Waals surface area contributed by atoms with Gasteiger partial charge in [0.25, 0.3) is 0 Å². The summed E-state index contributed by atoms with van der Waals surface area (Å²) in [6, 6.07) is 0. The van der Waals surface area contributed by atoms with Gasteiger partial charge >= 0.3 is 10.5 Å². The van der Waals surface area contributed by atoms with E-state index in [2.05, 4.69) is 4.18 Å². The highest BCUT2D eigenvalue weighted by molar-refractivity contribution is 7.92. The van der Waals surface area contributed by atoms with Crippen molar-refractivity contribution in [3.05, 3.63) is 0 Å². The average molecular weight is 201 g/mol. The van der Waals surface area contributed by atoms with Crippen molar-refractivity contribution in [2.45, 2.75) is 18.8 Å². The molecule has 1 rings (SSSR count). The quantitative estimate of drug-likeness (QED) is 0.705. The molecule has 0 aromatic heterocycles. The topological polar surface area (TPSA) is 46.5 Å². The van der Waals surface area contributed by atoms with Crippen LogP contribution in [0.3, 0.4) is 0 Å². The molecule has 1 unspecified atom stereocenters. The Kier molecular flexibility index (Phi) is 2.51. The maximum absolute atomic E-state index is 12.2. The SMILES string of the molecule is C[S+](=O)(O)OCC1CC(F)(F)C1. The first-order valence-electron chi connectivity index (χ1n) is 3.52. The second kappa shape index (κ2) is 3.01. The Morgan fingerprint density at radius 2 is 2.17 bits per heavy atom. The van der Waals surface area contributed by atoms with Crippen molar-refractivity contribution in [2.24, 2.45) is 5.92 Å². The fraction of sp³-hybridized carbons (Fsp3) is 1.00. The van der Waals surface area contributed by atoms with Crippen LogP contribution in [0.2, 0.25) is 0 Å². The van der Waals surface area contributed by atoms with Crippen molar-refractivity contribution in [1.29, 1.82) is 0 Å². The van der Waals surface area contributed by atoms with E-state index in [-0.39, 0.29) is 25.4 Å². The highest BCUT2D eigenvalue weighted by Gasteiger charge is 2.46. The lowest BCUT2D eigenvalue weighted by Crippen LogP contribution is -2.38. The number of hydrogen-bond acceptors (Lipinski definition) is 2. The molecule has 1 saturated carbocycles. The van der Waals surface area contributed by atoms with Gasteiger partial charge in [0.15, 0.2) is 6.26 Å². The maximum Gasteiger partial charge on any atom is 0.349 e. The third-order valence-electron chi connectivity index (χ3n) is 1.70. The van der Waals surface area contributed by atoms with E-state index in [1.165, 1.54) is 0 Å². The molecule has 1 aliphatic carbocycles. The lowest BCUT2D eigenvalue weighted by Gasteiger charge is -2.33. The van der Waals surface area contributed by atoms with Gasteiger partial charge in [-0.05, 0) is 10.1 Å². The van der Waals surface area contributed by atoms with E-state index in [4.69, 9.17) is 4.55 Å². The van der Waals surface area contributed by atoms with Crippen LogP contribution in [0, 0.1) is 5.92 Å². The van der Waals surface area contributed by atoms with Crippen LogP contribution in [0.15, 0.2) is 0 Å². The van der Waals surface area contributed by atoms with Crippen LogP contribution in [0.1, 0.15) is 12.8 Å². The summed E-state index contributed by atoms with van der Waals surface area (Å²) in [5.74, 6) is -2.86. The smallest absolute Gasteiger partial charge is 0.207 e. The zero-order chi connectivity index (χ0) is 9.41. The van der Waals surface area contributed by atoms with Gasteiger partial charge in [-0.1, -0.05) is 0 Å². The van der Waals surface area contributed by atoms with Crippen molar-refractivity contribution >= 4 is 10.5 Å². The molecule has 0 bridgehead atoms. The van der Waals surface area contributed by atoms with Gasteiger partial charge in [0, 0.05) is 12.8 Å². The van der Waals surface area contributed by atoms with Crippen molar-refractivity contribution in [2.75, 3.05) is 12.9 Å². The summed E-state index contributed by atoms with van der Waals surface area (Å²) in [6.07, 6.45) is 0.550. The van der Waals surface area contributed by atoms with Gasteiger partial charge in [-0.25, -0.2) is 8.78 Å². The Morgan fingerprint density at radius 1 is 1.67 bits per heavy atom. The zero-order valence-electron chi connectivity index (χ0n) is 6.63. The Hall–Kier alpha value is -0.0700. The van der Waals surface area contributed by atoms with E-state index in [1.807, 2.05) is 0 Å². The summed E-state index contributed by atoms with van der Waals surface area (Å²) in [5.41, 5.74) is 0. The van der Waals surface area contributed by atoms with Crippen LogP contribution < -0.4 is 0 Å². The second-order valence-electron chi connectivity index (χ2n) is 3.15. The summed E-state index contributed by atoms with van der Waals surface area (Å²) >= 11 is 0. The number of halogens is 2. The highest BCUT2D eigenvalue weighted by atomic mass is 32.3. The van der Waals surface area contributed by atoms with Gasteiger partial charge in [-0.15, -0.1) is 4.18 Å². The molecule has 12 heavy (non-hydrogen) atoms. The molecule has 0 spiro atoms. The van der Waals surface area contributed by atoms with Crippen LogP contribution in [-0.4, -0.2) is 23.3 Å². The molecule has 0 amide bonds. The van der Waals surface area contributed by atoms with Crippen LogP contribution in [0.5, 0.6) is 0 Å². The number of rotatable bonds is 3.